The molecule has 6 heteroatoms. The van der Waals surface area contributed by atoms with Crippen LogP contribution in [-0.4, -0.2) is 4.32 Å². The molecule has 0 aliphatic carbocycles. The second kappa shape index (κ2) is 3.89. The van der Waals surface area contributed by atoms with Gasteiger partial charge in [0.05, 0.1) is 0 Å². The van der Waals surface area contributed by atoms with Crippen molar-refractivity contribution in [3.05, 3.63) is 0 Å². The maximum atomic E-state index is 10.1. The van der Waals surface area contributed by atoms with Crippen LogP contribution in [-0.2, 0) is 17.6 Å². The van der Waals surface area contributed by atoms with E-state index in [0.717, 1.165) is 9.47 Å². The van der Waals surface area contributed by atoms with Gasteiger partial charge in [-0.1, -0.05) is 0 Å². The Balaban J connectivity index is 3.53. The Morgan fingerprint density at radius 1 is 1.86 bits per heavy atom. The Hall–Kier alpha value is 0.948. The molecule has 0 aromatic heterocycles. The number of thiocarbonyl (C=S) groups is 1. The van der Waals surface area contributed by atoms with E-state index in [9.17, 15) is 3.40 Å². The van der Waals surface area contributed by atoms with Gasteiger partial charge in [-0.3, -0.25) is 0 Å². The van der Waals surface area contributed by atoms with Crippen molar-refractivity contribution >= 4 is 35.8 Å². The van der Waals surface area contributed by atoms with Gasteiger partial charge >= 0.3 is 59.1 Å². The summed E-state index contributed by atoms with van der Waals surface area (Å²) in [6, 6.07) is 0. The second-order valence-corrected chi connectivity index (χ2v) is 8.97. The Labute approximate surface area is 58.9 Å². The summed E-state index contributed by atoms with van der Waals surface area (Å²) in [5.74, 6) is 0. The summed E-state index contributed by atoms with van der Waals surface area (Å²) in [5.41, 5.74) is 4.96. The molecule has 0 aromatic carbocycles. The molecule has 0 fully saturated rings. The summed E-state index contributed by atoms with van der Waals surface area (Å²) < 4.78 is 10.3. The van der Waals surface area contributed by atoms with Crippen molar-refractivity contribution in [3.63, 3.8) is 0 Å². The first kappa shape index (κ1) is 7.95. The fraction of sp³-hybridized carbons (Fsp3) is 0. The third kappa shape index (κ3) is 6.95. The first-order valence-electron chi connectivity index (χ1n) is 1.20. The molecule has 0 spiro atoms. The topological polar surface area (TPSA) is 43.1 Å². The Bertz CT molecular complexity index is 132. The molecule has 0 amide bonds. The fourth-order valence-corrected chi connectivity index (χ4v) is 4.35. The van der Waals surface area contributed by atoms with E-state index in [2.05, 4.69) is 22.0 Å². The van der Waals surface area contributed by atoms with Crippen molar-refractivity contribution in [1.82, 2.24) is 0 Å². The van der Waals surface area contributed by atoms with Crippen molar-refractivity contribution in [1.29, 1.82) is 0 Å². The molecule has 0 saturated heterocycles. The van der Waals surface area contributed by atoms with Crippen molar-refractivity contribution in [2.45, 2.75) is 0 Å². The monoisotopic (exact) mass is 238 g/mol. The first-order chi connectivity index (χ1) is 3.13. The third-order valence-corrected chi connectivity index (χ3v) is 5.08. The molecule has 0 aliphatic rings. The van der Waals surface area contributed by atoms with Gasteiger partial charge in [-0.25, -0.2) is 0 Å². The van der Waals surface area contributed by atoms with Gasteiger partial charge in [0, 0.05) is 0 Å². The number of rotatable bonds is 1. The number of hydrogen-bond donors (Lipinski definition) is 1. The summed E-state index contributed by atoms with van der Waals surface area (Å²) >= 11 is 1.90. The second-order valence-electron chi connectivity index (χ2n) is 0.606. The Morgan fingerprint density at radius 3 is 2.29 bits per heavy atom. The van der Waals surface area contributed by atoms with Gasteiger partial charge in [0.1, 0.15) is 0 Å². The van der Waals surface area contributed by atoms with E-state index >= 15 is 0 Å². The molecule has 2 N–H and O–H groups in total. The summed E-state index contributed by atoms with van der Waals surface area (Å²) in [6.07, 6.45) is 0. The molecule has 0 unspecified atom stereocenters. The van der Waals surface area contributed by atoms with E-state index < -0.39 is 14.2 Å². The third-order valence-electron chi connectivity index (χ3n) is 0.150. The van der Waals surface area contributed by atoms with E-state index in [4.69, 9.17) is 5.73 Å². The standard InChI is InChI=1S/CH3NS2.Mo.O.S/c2-1(3)4;;;/h(H3,2,3,4);;;/q;+1;;/p-1. The van der Waals surface area contributed by atoms with E-state index in [-0.39, 0.29) is 4.32 Å². The Morgan fingerprint density at radius 2 is 2.29 bits per heavy atom. The van der Waals surface area contributed by atoms with Crippen LogP contribution in [0.4, 0.5) is 0 Å². The molecule has 7 heavy (non-hydrogen) atoms. The van der Waals surface area contributed by atoms with Gasteiger partial charge < -0.3 is 0 Å². The van der Waals surface area contributed by atoms with Gasteiger partial charge in [0.2, 0.25) is 0 Å². The maximum absolute atomic E-state index is 10.1. The minimum atomic E-state index is -2.49. The minimum absolute atomic E-state index is 0.196. The van der Waals surface area contributed by atoms with Crippen LogP contribution in [0.25, 0.3) is 0 Å². The average molecular weight is 236 g/mol. The predicted octanol–water partition coefficient (Wildman–Crippen LogP) is 0.954. The van der Waals surface area contributed by atoms with Crippen molar-refractivity contribution in [3.8, 4) is 0 Å². The zero-order valence-electron chi connectivity index (χ0n) is 3.12. The van der Waals surface area contributed by atoms with Gasteiger partial charge in [0.25, 0.3) is 0 Å². The van der Waals surface area contributed by atoms with Gasteiger partial charge in [-0.2, -0.15) is 0 Å². The van der Waals surface area contributed by atoms with Gasteiger partial charge in [-0.15, -0.1) is 0 Å². The quantitative estimate of drug-likeness (QED) is 0.542. The van der Waals surface area contributed by atoms with Crippen LogP contribution in [0, 0.1) is 0 Å². The molecule has 41 valence electrons. The van der Waals surface area contributed by atoms with Crippen molar-refractivity contribution in [2.75, 3.05) is 0 Å². The van der Waals surface area contributed by atoms with Crippen LogP contribution in [0.15, 0.2) is 0 Å². The first-order valence-corrected chi connectivity index (χ1v) is 8.42. The normalized spacial score (nSPS) is 8.00. The zero-order chi connectivity index (χ0) is 5.86. The van der Waals surface area contributed by atoms with E-state index in [1.54, 1.807) is 0 Å². The summed E-state index contributed by atoms with van der Waals surface area (Å²) in [4.78, 5) is 0. The summed E-state index contributed by atoms with van der Waals surface area (Å²) in [6.45, 7) is 0. The van der Waals surface area contributed by atoms with Gasteiger partial charge in [-0.05, 0) is 0 Å². The summed E-state index contributed by atoms with van der Waals surface area (Å²) in [7, 11) is 5.31. The fourth-order valence-electron chi connectivity index (χ4n) is 0.0671. The zero-order valence-corrected chi connectivity index (χ0v) is 7.58. The van der Waals surface area contributed by atoms with E-state index in [0.29, 0.717) is 0 Å². The van der Waals surface area contributed by atoms with Crippen molar-refractivity contribution in [2.24, 2.45) is 5.73 Å². The van der Waals surface area contributed by atoms with Crippen LogP contribution in [0.3, 0.4) is 0 Å². The molecule has 2 nitrogen and oxygen atoms in total. The molecule has 0 atom stereocenters. The molecule has 0 bridgehead atoms. The molecule has 0 heterocycles. The molecule has 0 aliphatic heterocycles. The van der Waals surface area contributed by atoms with E-state index in [1.165, 1.54) is 0 Å². The average Bonchev–Trinajstić information content (AvgIpc) is 1.27. The van der Waals surface area contributed by atoms with Crippen molar-refractivity contribution < 1.29 is 17.6 Å². The predicted molar refractivity (Wildman–Crippen MR) is 32.7 cm³/mol. The van der Waals surface area contributed by atoms with E-state index in [1.807, 2.05) is 0 Å². The van der Waals surface area contributed by atoms with Crippen LogP contribution < -0.4 is 5.73 Å². The Kier molecular flexibility index (Phi) is 4.42. The SMILES string of the molecule is NC(=S)[S][Mo](=[O])=[S]. The summed E-state index contributed by atoms with van der Waals surface area (Å²) in [5, 5.41) is 0. The molecular formula is CH2MoNOS3. The van der Waals surface area contributed by atoms with Crippen LogP contribution in [0.2, 0.25) is 0 Å². The molecule has 0 aromatic rings. The molecular weight excluding hydrogens is 234 g/mol. The van der Waals surface area contributed by atoms with Gasteiger partial charge in [0.15, 0.2) is 0 Å². The molecule has 0 radical (unpaired) electrons. The van der Waals surface area contributed by atoms with Crippen LogP contribution >= 0.6 is 31.5 Å². The van der Waals surface area contributed by atoms with Crippen LogP contribution in [0.5, 0.6) is 0 Å². The number of nitrogens with two attached hydrogens (primary N) is 1. The molecule has 0 saturated carbocycles. The number of hydrogen-bond acceptors (Lipinski definition) is 4. The molecule has 0 rings (SSSR count). The van der Waals surface area contributed by atoms with Crippen LogP contribution in [0.1, 0.15) is 0 Å².